The molecule has 2 atom stereocenters. The van der Waals surface area contributed by atoms with Gasteiger partial charge in [-0.2, -0.15) is 0 Å². The summed E-state index contributed by atoms with van der Waals surface area (Å²) in [7, 11) is 0. The van der Waals surface area contributed by atoms with Crippen molar-refractivity contribution in [1.29, 1.82) is 0 Å². The summed E-state index contributed by atoms with van der Waals surface area (Å²) >= 11 is 0. The zero-order chi connectivity index (χ0) is 17.4. The molecule has 0 N–H and O–H groups in total. The molecule has 138 valence electrons. The zero-order valence-corrected chi connectivity index (χ0v) is 15.4. The van der Waals surface area contributed by atoms with Gasteiger partial charge in [-0.1, -0.05) is 58.8 Å². The molecule has 24 heavy (non-hydrogen) atoms. The monoisotopic (exact) mass is 338 g/mol. The molecule has 0 amide bonds. The Morgan fingerprint density at radius 1 is 0.833 bits per heavy atom. The van der Waals surface area contributed by atoms with E-state index in [-0.39, 0.29) is 23.8 Å². The SMILES string of the molecule is CC(C)COC(=O)C1CCCCC1C(=O)OCCC1CCCCC1. The minimum absolute atomic E-state index is 0.183. The molecule has 2 saturated carbocycles. The minimum Gasteiger partial charge on any atom is -0.465 e. The van der Waals surface area contributed by atoms with Crippen LogP contribution in [0.4, 0.5) is 0 Å². The molecular weight excluding hydrogens is 304 g/mol. The molecule has 0 aliphatic heterocycles. The number of hydrogen-bond donors (Lipinski definition) is 0. The molecule has 0 radical (unpaired) electrons. The Morgan fingerprint density at radius 2 is 1.38 bits per heavy atom. The molecule has 0 aromatic carbocycles. The van der Waals surface area contributed by atoms with Crippen LogP contribution in [-0.2, 0) is 19.1 Å². The van der Waals surface area contributed by atoms with Gasteiger partial charge in [0.05, 0.1) is 25.0 Å². The smallest absolute Gasteiger partial charge is 0.309 e. The van der Waals surface area contributed by atoms with Crippen LogP contribution < -0.4 is 0 Å². The molecule has 0 spiro atoms. The van der Waals surface area contributed by atoms with E-state index < -0.39 is 0 Å². The van der Waals surface area contributed by atoms with Gasteiger partial charge in [0.2, 0.25) is 0 Å². The van der Waals surface area contributed by atoms with Gasteiger partial charge in [0.15, 0.2) is 0 Å². The van der Waals surface area contributed by atoms with Crippen LogP contribution in [0.2, 0.25) is 0 Å². The molecule has 0 aromatic heterocycles. The molecule has 2 aliphatic carbocycles. The summed E-state index contributed by atoms with van der Waals surface area (Å²) in [5, 5.41) is 0. The highest BCUT2D eigenvalue weighted by Gasteiger charge is 2.38. The Morgan fingerprint density at radius 3 is 1.96 bits per heavy atom. The van der Waals surface area contributed by atoms with Crippen LogP contribution in [0.15, 0.2) is 0 Å². The first-order valence-electron chi connectivity index (χ1n) is 9.91. The van der Waals surface area contributed by atoms with Gasteiger partial charge in [0.1, 0.15) is 0 Å². The standard InChI is InChI=1S/C20H34O4/c1-15(2)14-24-20(22)18-11-7-6-10-17(18)19(21)23-13-12-16-8-4-3-5-9-16/h15-18H,3-14H2,1-2H3. The average molecular weight is 338 g/mol. The third-order valence-electron chi connectivity index (χ3n) is 5.43. The van der Waals surface area contributed by atoms with Crippen LogP contribution in [0.5, 0.6) is 0 Å². The molecular formula is C20H34O4. The van der Waals surface area contributed by atoms with Crippen molar-refractivity contribution in [1.82, 2.24) is 0 Å². The fraction of sp³-hybridized carbons (Fsp3) is 0.900. The highest BCUT2D eigenvalue weighted by atomic mass is 16.5. The molecule has 0 bridgehead atoms. The largest absolute Gasteiger partial charge is 0.465 e. The minimum atomic E-state index is -0.306. The number of carbonyl (C=O) groups excluding carboxylic acids is 2. The Labute approximate surface area is 146 Å². The molecule has 0 heterocycles. The van der Waals surface area contributed by atoms with E-state index >= 15 is 0 Å². The predicted molar refractivity (Wildman–Crippen MR) is 93.4 cm³/mol. The van der Waals surface area contributed by atoms with E-state index in [1.54, 1.807) is 0 Å². The van der Waals surface area contributed by atoms with E-state index in [2.05, 4.69) is 0 Å². The van der Waals surface area contributed by atoms with Crippen molar-refractivity contribution in [3.05, 3.63) is 0 Å². The lowest BCUT2D eigenvalue weighted by Crippen LogP contribution is -2.35. The number of esters is 2. The molecule has 2 aliphatic rings. The van der Waals surface area contributed by atoms with Gasteiger partial charge < -0.3 is 9.47 Å². The van der Waals surface area contributed by atoms with Crippen LogP contribution in [-0.4, -0.2) is 25.2 Å². The number of rotatable bonds is 7. The Hall–Kier alpha value is -1.06. The van der Waals surface area contributed by atoms with Crippen molar-refractivity contribution in [2.24, 2.45) is 23.7 Å². The first kappa shape index (κ1) is 19.3. The lowest BCUT2D eigenvalue weighted by Gasteiger charge is -2.29. The van der Waals surface area contributed by atoms with E-state index in [9.17, 15) is 9.59 Å². The third-order valence-corrected chi connectivity index (χ3v) is 5.43. The number of hydrogen-bond acceptors (Lipinski definition) is 4. The van der Waals surface area contributed by atoms with Gasteiger partial charge in [-0.15, -0.1) is 0 Å². The second-order valence-corrected chi connectivity index (χ2v) is 7.98. The lowest BCUT2D eigenvalue weighted by molar-refractivity contribution is -0.163. The fourth-order valence-electron chi connectivity index (χ4n) is 3.96. The molecule has 2 rings (SSSR count). The van der Waals surface area contributed by atoms with E-state index in [1.807, 2.05) is 13.8 Å². The molecule has 2 fully saturated rings. The molecule has 4 nitrogen and oxygen atoms in total. The van der Waals surface area contributed by atoms with Gasteiger partial charge in [-0.25, -0.2) is 0 Å². The van der Waals surface area contributed by atoms with Crippen molar-refractivity contribution in [2.75, 3.05) is 13.2 Å². The summed E-state index contributed by atoms with van der Waals surface area (Å²) in [4.78, 5) is 24.8. The zero-order valence-electron chi connectivity index (χ0n) is 15.4. The number of ether oxygens (including phenoxy) is 2. The van der Waals surface area contributed by atoms with Gasteiger partial charge in [0.25, 0.3) is 0 Å². The average Bonchev–Trinajstić information content (AvgIpc) is 2.60. The second kappa shape index (κ2) is 10.0. The van der Waals surface area contributed by atoms with Crippen molar-refractivity contribution in [3.63, 3.8) is 0 Å². The summed E-state index contributed by atoms with van der Waals surface area (Å²) in [5.41, 5.74) is 0. The Kier molecular flexibility index (Phi) is 8.07. The van der Waals surface area contributed by atoms with E-state index in [0.717, 1.165) is 32.1 Å². The van der Waals surface area contributed by atoms with E-state index in [4.69, 9.17) is 9.47 Å². The van der Waals surface area contributed by atoms with Gasteiger partial charge in [0, 0.05) is 0 Å². The molecule has 4 heteroatoms. The number of carbonyl (C=O) groups is 2. The summed E-state index contributed by atoms with van der Waals surface area (Å²) < 4.78 is 10.9. The normalized spacial score (nSPS) is 25.5. The van der Waals surface area contributed by atoms with Crippen LogP contribution in [0.3, 0.4) is 0 Å². The maximum Gasteiger partial charge on any atom is 0.309 e. The van der Waals surface area contributed by atoms with Crippen LogP contribution >= 0.6 is 0 Å². The maximum atomic E-state index is 12.5. The van der Waals surface area contributed by atoms with E-state index in [0.29, 0.717) is 25.0 Å². The van der Waals surface area contributed by atoms with Crippen LogP contribution in [0, 0.1) is 23.7 Å². The second-order valence-electron chi connectivity index (χ2n) is 7.98. The maximum absolute atomic E-state index is 12.5. The van der Waals surface area contributed by atoms with Crippen molar-refractivity contribution in [2.45, 2.75) is 78.1 Å². The predicted octanol–water partition coefficient (Wildman–Crippen LogP) is 4.51. The van der Waals surface area contributed by atoms with Crippen molar-refractivity contribution >= 4 is 11.9 Å². The summed E-state index contributed by atoms with van der Waals surface area (Å²) in [5.74, 6) is 0.0298. The molecule has 0 aromatic rings. The first-order chi connectivity index (χ1) is 11.6. The van der Waals surface area contributed by atoms with Gasteiger partial charge >= 0.3 is 11.9 Å². The van der Waals surface area contributed by atoms with Gasteiger partial charge in [-0.3, -0.25) is 9.59 Å². The summed E-state index contributed by atoms with van der Waals surface area (Å²) in [6, 6.07) is 0. The Bertz CT molecular complexity index is 398. The van der Waals surface area contributed by atoms with Gasteiger partial charge in [-0.05, 0) is 31.1 Å². The fourth-order valence-corrected chi connectivity index (χ4v) is 3.96. The first-order valence-corrected chi connectivity index (χ1v) is 9.91. The topological polar surface area (TPSA) is 52.6 Å². The van der Waals surface area contributed by atoms with E-state index in [1.165, 1.54) is 32.1 Å². The van der Waals surface area contributed by atoms with Crippen molar-refractivity contribution in [3.8, 4) is 0 Å². The third kappa shape index (κ3) is 6.10. The summed E-state index contributed by atoms with van der Waals surface area (Å²) in [6.07, 6.45) is 11.0. The van der Waals surface area contributed by atoms with Crippen LogP contribution in [0.1, 0.15) is 78.1 Å². The molecule has 0 saturated heterocycles. The Balaban J connectivity index is 1.77. The van der Waals surface area contributed by atoms with Crippen LogP contribution in [0.25, 0.3) is 0 Å². The quantitative estimate of drug-likeness (QED) is 0.641. The molecule has 2 unspecified atom stereocenters. The summed E-state index contributed by atoms with van der Waals surface area (Å²) in [6.45, 7) is 4.98. The van der Waals surface area contributed by atoms with Crippen molar-refractivity contribution < 1.29 is 19.1 Å². The highest BCUT2D eigenvalue weighted by molar-refractivity contribution is 5.82. The lowest BCUT2D eigenvalue weighted by atomic mass is 9.79. The highest BCUT2D eigenvalue weighted by Crippen LogP contribution is 2.32.